The fourth-order valence-electron chi connectivity index (χ4n) is 2.98. The van der Waals surface area contributed by atoms with E-state index in [2.05, 4.69) is 35.4 Å². The molecule has 6 nitrogen and oxygen atoms in total. The quantitative estimate of drug-likeness (QED) is 0.347. The summed E-state index contributed by atoms with van der Waals surface area (Å²) in [6, 6.07) is 12.6. The first-order chi connectivity index (χ1) is 13.4. The van der Waals surface area contributed by atoms with Crippen molar-refractivity contribution >= 4 is 28.3 Å². The number of nitrogens with zero attached hydrogens (tertiary/aromatic N) is 3. The number of rotatable bonds is 5. The molecule has 0 aliphatic carbocycles. The number of non-ortho nitro benzene ring substituents is 1. The molecule has 0 atom stereocenters. The Bertz CT molecular complexity index is 1090. The van der Waals surface area contributed by atoms with Crippen LogP contribution in [-0.4, -0.2) is 9.91 Å². The van der Waals surface area contributed by atoms with Crippen LogP contribution in [0.2, 0.25) is 0 Å². The lowest BCUT2D eigenvalue weighted by Crippen LogP contribution is -1.97. The van der Waals surface area contributed by atoms with Crippen LogP contribution in [0.25, 0.3) is 16.8 Å². The summed E-state index contributed by atoms with van der Waals surface area (Å²) in [6.45, 7) is 6.10. The molecular formula is C21H18N4O2S. The van der Waals surface area contributed by atoms with Crippen LogP contribution in [0.1, 0.15) is 21.7 Å². The van der Waals surface area contributed by atoms with Gasteiger partial charge in [-0.2, -0.15) is 5.26 Å². The largest absolute Gasteiger partial charge is 0.360 e. The van der Waals surface area contributed by atoms with Crippen molar-refractivity contribution in [1.82, 2.24) is 4.98 Å². The molecule has 0 aliphatic rings. The van der Waals surface area contributed by atoms with E-state index in [-0.39, 0.29) is 5.69 Å². The summed E-state index contributed by atoms with van der Waals surface area (Å²) in [7, 11) is 0. The normalized spacial score (nSPS) is 11.1. The SMILES string of the molecule is Cc1cc(C)c(NC=C(C#N)c2nc(-c3ccc([N+](=O)[O-])cc3)cs2)c(C)c1. The van der Waals surface area contributed by atoms with Crippen LogP contribution in [0.4, 0.5) is 11.4 Å². The lowest BCUT2D eigenvalue weighted by atomic mass is 10.1. The Kier molecular flexibility index (Phi) is 5.52. The van der Waals surface area contributed by atoms with E-state index < -0.39 is 4.92 Å². The molecule has 1 aromatic heterocycles. The van der Waals surface area contributed by atoms with Gasteiger partial charge in [-0.05, 0) is 44.0 Å². The van der Waals surface area contributed by atoms with Crippen LogP contribution in [0, 0.1) is 42.2 Å². The first kappa shape index (κ1) is 19.3. The number of anilines is 1. The topological polar surface area (TPSA) is 91.8 Å². The van der Waals surface area contributed by atoms with E-state index in [0.29, 0.717) is 16.3 Å². The lowest BCUT2D eigenvalue weighted by molar-refractivity contribution is -0.384. The minimum Gasteiger partial charge on any atom is -0.360 e. The Morgan fingerprint density at radius 2 is 1.86 bits per heavy atom. The van der Waals surface area contributed by atoms with Crippen molar-refractivity contribution in [3.8, 4) is 17.3 Å². The van der Waals surface area contributed by atoms with Crippen molar-refractivity contribution in [2.45, 2.75) is 20.8 Å². The molecular weight excluding hydrogens is 372 g/mol. The van der Waals surface area contributed by atoms with Crippen LogP contribution in [0.3, 0.4) is 0 Å². The molecule has 140 valence electrons. The molecule has 0 radical (unpaired) electrons. The molecule has 0 aliphatic heterocycles. The zero-order valence-corrected chi connectivity index (χ0v) is 16.5. The van der Waals surface area contributed by atoms with Crippen LogP contribution in [0.15, 0.2) is 48.0 Å². The molecule has 0 unspecified atom stereocenters. The Balaban J connectivity index is 1.85. The minimum atomic E-state index is -0.437. The number of benzene rings is 2. The van der Waals surface area contributed by atoms with Gasteiger partial charge in [0.1, 0.15) is 16.6 Å². The van der Waals surface area contributed by atoms with Gasteiger partial charge in [0.05, 0.1) is 10.6 Å². The zero-order valence-electron chi connectivity index (χ0n) is 15.7. The van der Waals surface area contributed by atoms with Gasteiger partial charge in [0, 0.05) is 35.0 Å². The van der Waals surface area contributed by atoms with Gasteiger partial charge in [0.15, 0.2) is 0 Å². The van der Waals surface area contributed by atoms with Gasteiger partial charge >= 0.3 is 0 Å². The third-order valence-corrected chi connectivity index (χ3v) is 5.14. The summed E-state index contributed by atoms with van der Waals surface area (Å²) in [6.07, 6.45) is 1.67. The lowest BCUT2D eigenvalue weighted by Gasteiger charge is -2.11. The number of hydrogen-bond acceptors (Lipinski definition) is 6. The number of nitriles is 1. The number of hydrogen-bond donors (Lipinski definition) is 1. The van der Waals surface area contributed by atoms with Gasteiger partial charge in [-0.15, -0.1) is 11.3 Å². The number of allylic oxidation sites excluding steroid dienone is 1. The van der Waals surface area contributed by atoms with E-state index in [1.807, 2.05) is 19.2 Å². The van der Waals surface area contributed by atoms with Crippen molar-refractivity contribution in [2.24, 2.45) is 0 Å². The summed E-state index contributed by atoms with van der Waals surface area (Å²) in [4.78, 5) is 14.9. The summed E-state index contributed by atoms with van der Waals surface area (Å²) in [5.74, 6) is 0. The molecule has 2 aromatic carbocycles. The predicted octanol–water partition coefficient (Wildman–Crippen LogP) is 5.62. The van der Waals surface area contributed by atoms with Gasteiger partial charge < -0.3 is 5.32 Å². The first-order valence-corrected chi connectivity index (χ1v) is 9.42. The number of nitro benzene ring substituents is 1. The van der Waals surface area contributed by atoms with Crippen molar-refractivity contribution in [3.05, 3.63) is 79.8 Å². The van der Waals surface area contributed by atoms with Crippen molar-refractivity contribution in [2.75, 3.05) is 5.32 Å². The second-order valence-electron chi connectivity index (χ2n) is 6.43. The molecule has 0 amide bonds. The minimum absolute atomic E-state index is 0.0323. The van der Waals surface area contributed by atoms with Crippen molar-refractivity contribution in [1.29, 1.82) is 5.26 Å². The fraction of sp³-hybridized carbons (Fsp3) is 0.143. The standard InChI is InChI=1S/C21H18N4O2S/c1-13-8-14(2)20(15(3)9-13)23-11-17(10-22)21-24-19(12-28-21)16-4-6-18(7-5-16)25(26)27/h4-9,11-12,23H,1-3H3. The number of thiazole rings is 1. The number of aryl methyl sites for hydroxylation is 3. The number of aromatic nitrogens is 1. The third-order valence-electron chi connectivity index (χ3n) is 4.27. The highest BCUT2D eigenvalue weighted by molar-refractivity contribution is 7.11. The highest BCUT2D eigenvalue weighted by Crippen LogP contribution is 2.28. The molecule has 7 heteroatoms. The number of nitro groups is 1. The summed E-state index contributed by atoms with van der Waals surface area (Å²) in [5.41, 5.74) is 6.29. The maximum atomic E-state index is 10.8. The molecule has 0 saturated heterocycles. The molecule has 28 heavy (non-hydrogen) atoms. The fourth-order valence-corrected chi connectivity index (χ4v) is 3.77. The summed E-state index contributed by atoms with van der Waals surface area (Å²) >= 11 is 1.36. The highest BCUT2D eigenvalue weighted by Gasteiger charge is 2.11. The number of nitrogens with one attached hydrogen (secondary N) is 1. The average molecular weight is 390 g/mol. The summed E-state index contributed by atoms with van der Waals surface area (Å²) < 4.78 is 0. The van der Waals surface area contributed by atoms with Crippen LogP contribution in [-0.2, 0) is 0 Å². The summed E-state index contributed by atoms with van der Waals surface area (Å²) in [5, 5.41) is 26.0. The zero-order chi connectivity index (χ0) is 20.3. The molecule has 0 saturated carbocycles. The second-order valence-corrected chi connectivity index (χ2v) is 7.29. The van der Waals surface area contributed by atoms with Gasteiger partial charge in [-0.1, -0.05) is 17.7 Å². The molecule has 3 aromatic rings. The van der Waals surface area contributed by atoms with E-state index in [1.165, 1.54) is 29.0 Å². The molecule has 0 fully saturated rings. The van der Waals surface area contributed by atoms with Crippen LogP contribution >= 0.6 is 11.3 Å². The maximum Gasteiger partial charge on any atom is 0.269 e. The monoisotopic (exact) mass is 390 g/mol. The molecule has 1 N–H and O–H groups in total. The molecule has 0 spiro atoms. The molecule has 1 heterocycles. The Labute approximate surface area is 167 Å². The van der Waals surface area contributed by atoms with Gasteiger partial charge in [-0.3, -0.25) is 10.1 Å². The van der Waals surface area contributed by atoms with E-state index in [9.17, 15) is 15.4 Å². The van der Waals surface area contributed by atoms with Crippen molar-refractivity contribution in [3.63, 3.8) is 0 Å². The smallest absolute Gasteiger partial charge is 0.269 e. The van der Waals surface area contributed by atoms with E-state index >= 15 is 0 Å². The first-order valence-electron chi connectivity index (χ1n) is 8.54. The van der Waals surface area contributed by atoms with Gasteiger partial charge in [-0.25, -0.2) is 4.98 Å². The van der Waals surface area contributed by atoms with Gasteiger partial charge in [0.2, 0.25) is 0 Å². The van der Waals surface area contributed by atoms with Crippen molar-refractivity contribution < 1.29 is 4.92 Å². The Morgan fingerprint density at radius 3 is 2.43 bits per heavy atom. The van der Waals surface area contributed by atoms with E-state index in [4.69, 9.17) is 0 Å². The Hall–Kier alpha value is -3.50. The van der Waals surface area contributed by atoms with E-state index in [1.54, 1.807) is 18.3 Å². The third kappa shape index (κ3) is 4.08. The molecule has 0 bridgehead atoms. The van der Waals surface area contributed by atoms with Crippen LogP contribution in [0.5, 0.6) is 0 Å². The maximum absolute atomic E-state index is 10.8. The molecule has 3 rings (SSSR count). The predicted molar refractivity (Wildman–Crippen MR) is 112 cm³/mol. The highest BCUT2D eigenvalue weighted by atomic mass is 32.1. The van der Waals surface area contributed by atoms with E-state index in [0.717, 1.165) is 22.4 Å². The second kappa shape index (κ2) is 8.03. The van der Waals surface area contributed by atoms with Crippen LogP contribution < -0.4 is 5.32 Å². The Morgan fingerprint density at radius 1 is 1.21 bits per heavy atom. The van der Waals surface area contributed by atoms with Gasteiger partial charge in [0.25, 0.3) is 5.69 Å². The average Bonchev–Trinajstić information content (AvgIpc) is 3.14.